The first-order chi connectivity index (χ1) is 7.40. The van der Waals surface area contributed by atoms with Crippen LogP contribution in [0.25, 0.3) is 11.3 Å². The van der Waals surface area contributed by atoms with Gasteiger partial charge in [-0.2, -0.15) is 0 Å². The van der Waals surface area contributed by atoms with E-state index in [-0.39, 0.29) is 0 Å². The second-order valence-corrected chi connectivity index (χ2v) is 3.03. The SMILES string of the molecule is CCNc1nccc(-c2ccncc2)n1. The van der Waals surface area contributed by atoms with E-state index in [0.717, 1.165) is 17.8 Å². The Labute approximate surface area is 88.4 Å². The van der Waals surface area contributed by atoms with E-state index in [9.17, 15) is 0 Å². The van der Waals surface area contributed by atoms with Crippen molar-refractivity contribution in [2.24, 2.45) is 0 Å². The molecule has 0 aliphatic heterocycles. The Balaban J connectivity index is 2.33. The Bertz CT molecular complexity index is 428. The van der Waals surface area contributed by atoms with Crippen molar-refractivity contribution in [1.29, 1.82) is 0 Å². The van der Waals surface area contributed by atoms with Gasteiger partial charge in [-0.05, 0) is 25.1 Å². The van der Waals surface area contributed by atoms with Crippen LogP contribution < -0.4 is 5.32 Å². The molecule has 0 saturated carbocycles. The Morgan fingerprint density at radius 2 is 1.93 bits per heavy atom. The number of nitrogens with one attached hydrogen (secondary N) is 1. The van der Waals surface area contributed by atoms with E-state index in [4.69, 9.17) is 0 Å². The van der Waals surface area contributed by atoms with Crippen LogP contribution in [-0.4, -0.2) is 21.5 Å². The van der Waals surface area contributed by atoms with E-state index in [1.165, 1.54) is 0 Å². The predicted molar refractivity (Wildman–Crippen MR) is 59.4 cm³/mol. The van der Waals surface area contributed by atoms with E-state index in [0.29, 0.717) is 5.95 Å². The van der Waals surface area contributed by atoms with Gasteiger partial charge in [0.25, 0.3) is 0 Å². The Morgan fingerprint density at radius 3 is 2.67 bits per heavy atom. The highest BCUT2D eigenvalue weighted by Crippen LogP contribution is 2.15. The van der Waals surface area contributed by atoms with Crippen LogP contribution in [0.15, 0.2) is 36.8 Å². The van der Waals surface area contributed by atoms with Crippen LogP contribution in [0.1, 0.15) is 6.92 Å². The number of nitrogens with zero attached hydrogens (tertiary/aromatic N) is 3. The summed E-state index contributed by atoms with van der Waals surface area (Å²) in [5, 5.41) is 3.08. The van der Waals surface area contributed by atoms with Gasteiger partial charge in [-0.3, -0.25) is 4.98 Å². The number of anilines is 1. The minimum atomic E-state index is 0.659. The van der Waals surface area contributed by atoms with Gasteiger partial charge in [-0.15, -0.1) is 0 Å². The summed E-state index contributed by atoms with van der Waals surface area (Å²) in [6.07, 6.45) is 5.26. The van der Waals surface area contributed by atoms with Gasteiger partial charge in [0.2, 0.25) is 5.95 Å². The zero-order valence-electron chi connectivity index (χ0n) is 8.51. The Hall–Kier alpha value is -1.97. The second-order valence-electron chi connectivity index (χ2n) is 3.03. The van der Waals surface area contributed by atoms with Crippen LogP contribution >= 0.6 is 0 Å². The molecule has 76 valence electrons. The van der Waals surface area contributed by atoms with Gasteiger partial charge in [0.15, 0.2) is 0 Å². The minimum absolute atomic E-state index is 0.659. The Morgan fingerprint density at radius 1 is 1.13 bits per heavy atom. The fraction of sp³-hybridized carbons (Fsp3) is 0.182. The summed E-state index contributed by atoms with van der Waals surface area (Å²) >= 11 is 0. The molecule has 0 saturated heterocycles. The van der Waals surface area contributed by atoms with Crippen molar-refractivity contribution in [2.45, 2.75) is 6.92 Å². The second kappa shape index (κ2) is 4.50. The van der Waals surface area contributed by atoms with Crippen LogP contribution in [0.2, 0.25) is 0 Å². The molecule has 0 radical (unpaired) electrons. The summed E-state index contributed by atoms with van der Waals surface area (Å²) in [6, 6.07) is 5.74. The lowest BCUT2D eigenvalue weighted by Crippen LogP contribution is -2.02. The van der Waals surface area contributed by atoms with Crippen LogP contribution in [0, 0.1) is 0 Å². The third kappa shape index (κ3) is 2.28. The average molecular weight is 200 g/mol. The van der Waals surface area contributed by atoms with E-state index < -0.39 is 0 Å². The molecule has 0 spiro atoms. The topological polar surface area (TPSA) is 50.7 Å². The van der Waals surface area contributed by atoms with Gasteiger partial charge in [0.1, 0.15) is 0 Å². The summed E-state index contributed by atoms with van der Waals surface area (Å²) in [7, 11) is 0. The number of pyridine rings is 1. The predicted octanol–water partition coefficient (Wildman–Crippen LogP) is 1.97. The normalized spacial score (nSPS) is 9.93. The molecule has 0 fully saturated rings. The summed E-state index contributed by atoms with van der Waals surface area (Å²) in [5.41, 5.74) is 1.95. The first kappa shape index (κ1) is 9.58. The van der Waals surface area contributed by atoms with Crippen molar-refractivity contribution < 1.29 is 0 Å². The van der Waals surface area contributed by atoms with Gasteiger partial charge < -0.3 is 5.32 Å². The third-order valence-corrected chi connectivity index (χ3v) is 1.97. The molecule has 2 heterocycles. The van der Waals surface area contributed by atoms with Gasteiger partial charge in [-0.25, -0.2) is 9.97 Å². The number of rotatable bonds is 3. The highest BCUT2D eigenvalue weighted by Gasteiger charge is 2.00. The lowest BCUT2D eigenvalue weighted by Gasteiger charge is -2.03. The summed E-state index contributed by atoms with van der Waals surface area (Å²) in [4.78, 5) is 12.5. The zero-order chi connectivity index (χ0) is 10.5. The van der Waals surface area contributed by atoms with Crippen LogP contribution in [-0.2, 0) is 0 Å². The van der Waals surface area contributed by atoms with Crippen LogP contribution in [0.5, 0.6) is 0 Å². The first-order valence-electron chi connectivity index (χ1n) is 4.87. The molecule has 0 atom stereocenters. The van der Waals surface area contributed by atoms with Gasteiger partial charge in [0, 0.05) is 30.7 Å². The fourth-order valence-corrected chi connectivity index (χ4v) is 1.29. The Kier molecular flexibility index (Phi) is 2.88. The molecule has 0 aliphatic carbocycles. The molecule has 1 N–H and O–H groups in total. The molecule has 0 aromatic carbocycles. The highest BCUT2D eigenvalue weighted by molar-refractivity contribution is 5.58. The molecule has 0 bridgehead atoms. The zero-order valence-corrected chi connectivity index (χ0v) is 8.51. The average Bonchev–Trinajstić information content (AvgIpc) is 2.31. The van der Waals surface area contributed by atoms with E-state index in [1.807, 2.05) is 25.1 Å². The lowest BCUT2D eigenvalue weighted by molar-refractivity contribution is 1.09. The molecule has 2 rings (SSSR count). The number of hydrogen-bond acceptors (Lipinski definition) is 4. The maximum atomic E-state index is 4.38. The first-order valence-corrected chi connectivity index (χ1v) is 4.87. The minimum Gasteiger partial charge on any atom is -0.354 e. The molecule has 4 heteroatoms. The van der Waals surface area contributed by atoms with Crippen LogP contribution in [0.4, 0.5) is 5.95 Å². The van der Waals surface area contributed by atoms with Crippen molar-refractivity contribution in [2.75, 3.05) is 11.9 Å². The smallest absolute Gasteiger partial charge is 0.223 e. The molecular formula is C11H12N4. The largest absolute Gasteiger partial charge is 0.354 e. The van der Waals surface area contributed by atoms with Gasteiger partial charge in [-0.1, -0.05) is 0 Å². The number of aromatic nitrogens is 3. The monoisotopic (exact) mass is 200 g/mol. The molecule has 15 heavy (non-hydrogen) atoms. The van der Waals surface area contributed by atoms with Crippen molar-refractivity contribution in [1.82, 2.24) is 15.0 Å². The molecule has 4 nitrogen and oxygen atoms in total. The maximum Gasteiger partial charge on any atom is 0.223 e. The van der Waals surface area contributed by atoms with Crippen LogP contribution in [0.3, 0.4) is 0 Å². The van der Waals surface area contributed by atoms with Crippen molar-refractivity contribution in [3.05, 3.63) is 36.8 Å². The summed E-state index contributed by atoms with van der Waals surface area (Å²) in [6.45, 7) is 2.84. The fourth-order valence-electron chi connectivity index (χ4n) is 1.29. The molecule has 0 unspecified atom stereocenters. The van der Waals surface area contributed by atoms with E-state index in [2.05, 4.69) is 20.3 Å². The maximum absolute atomic E-state index is 4.38. The molecule has 2 aromatic rings. The van der Waals surface area contributed by atoms with E-state index in [1.54, 1.807) is 18.6 Å². The standard InChI is InChI=1S/C11H12N4/c1-2-13-11-14-8-5-10(15-11)9-3-6-12-7-4-9/h3-8H,2H2,1H3,(H,13,14,15). The van der Waals surface area contributed by atoms with E-state index >= 15 is 0 Å². The molecule has 0 aliphatic rings. The summed E-state index contributed by atoms with van der Waals surface area (Å²) in [5.74, 6) is 0.659. The van der Waals surface area contributed by atoms with Gasteiger partial charge >= 0.3 is 0 Å². The quantitative estimate of drug-likeness (QED) is 0.823. The lowest BCUT2D eigenvalue weighted by atomic mass is 10.2. The molecular weight excluding hydrogens is 188 g/mol. The number of hydrogen-bond donors (Lipinski definition) is 1. The summed E-state index contributed by atoms with van der Waals surface area (Å²) < 4.78 is 0. The highest BCUT2D eigenvalue weighted by atomic mass is 15.1. The van der Waals surface area contributed by atoms with Gasteiger partial charge in [0.05, 0.1) is 5.69 Å². The third-order valence-electron chi connectivity index (χ3n) is 1.97. The van der Waals surface area contributed by atoms with Crippen molar-refractivity contribution in [3.8, 4) is 11.3 Å². The van der Waals surface area contributed by atoms with Crippen molar-refractivity contribution in [3.63, 3.8) is 0 Å². The molecule has 0 amide bonds. The molecule has 2 aromatic heterocycles. The van der Waals surface area contributed by atoms with Crippen molar-refractivity contribution >= 4 is 5.95 Å².